The highest BCUT2D eigenvalue weighted by Gasteiger charge is 2.01. The molecule has 0 bridgehead atoms. The van der Waals surface area contributed by atoms with E-state index in [0.717, 1.165) is 23.4 Å². The van der Waals surface area contributed by atoms with Crippen LogP contribution in [-0.4, -0.2) is 9.78 Å². The number of rotatable bonds is 4. The van der Waals surface area contributed by atoms with Gasteiger partial charge >= 0.3 is 0 Å². The predicted molar refractivity (Wildman–Crippen MR) is 66.4 cm³/mol. The first-order valence-corrected chi connectivity index (χ1v) is 5.70. The van der Waals surface area contributed by atoms with E-state index in [1.54, 1.807) is 6.07 Å². The van der Waals surface area contributed by atoms with Gasteiger partial charge in [-0.3, -0.25) is 4.68 Å². The highest BCUT2D eigenvalue weighted by Crippen LogP contribution is 2.16. The molecule has 0 aliphatic carbocycles. The number of hydrogen-bond acceptors (Lipinski definition) is 2. The summed E-state index contributed by atoms with van der Waals surface area (Å²) in [7, 11) is 0. The summed E-state index contributed by atoms with van der Waals surface area (Å²) in [5.74, 6) is -0.220. The van der Waals surface area contributed by atoms with Crippen molar-refractivity contribution in [3.05, 3.63) is 47.5 Å². The molecule has 0 fully saturated rings. The highest BCUT2D eigenvalue weighted by atomic mass is 19.1. The molecule has 0 radical (unpaired) electrons. The number of halogens is 1. The molecule has 2 aromatic rings. The third kappa shape index (κ3) is 2.84. The lowest BCUT2D eigenvalue weighted by atomic mass is 10.2. The molecule has 4 heteroatoms. The molecule has 1 aromatic carbocycles. The fraction of sp³-hybridized carbons (Fsp3) is 0.308. The van der Waals surface area contributed by atoms with Gasteiger partial charge in [-0.2, -0.15) is 5.10 Å². The van der Waals surface area contributed by atoms with Crippen molar-refractivity contribution in [2.75, 3.05) is 5.32 Å². The molecule has 0 saturated heterocycles. The Bertz CT molecular complexity index is 505. The zero-order valence-corrected chi connectivity index (χ0v) is 10.1. The van der Waals surface area contributed by atoms with Crippen LogP contribution in [0.4, 0.5) is 10.1 Å². The van der Waals surface area contributed by atoms with Crippen LogP contribution >= 0.6 is 0 Å². The van der Waals surface area contributed by atoms with Gasteiger partial charge in [0.2, 0.25) is 0 Å². The Morgan fingerprint density at radius 2 is 2.24 bits per heavy atom. The van der Waals surface area contributed by atoms with Crippen molar-refractivity contribution in [3.8, 4) is 0 Å². The monoisotopic (exact) mass is 233 g/mol. The molecule has 1 aromatic heterocycles. The minimum Gasteiger partial charge on any atom is -0.381 e. The lowest BCUT2D eigenvalue weighted by Gasteiger charge is -2.08. The van der Waals surface area contributed by atoms with E-state index in [-0.39, 0.29) is 5.82 Å². The number of nitrogens with zero attached hydrogens (tertiary/aromatic N) is 2. The maximum absolute atomic E-state index is 13.1. The third-order valence-electron chi connectivity index (χ3n) is 2.69. The second-order valence-electron chi connectivity index (χ2n) is 4.02. The normalized spacial score (nSPS) is 10.5. The lowest BCUT2D eigenvalue weighted by molar-refractivity contribution is 0.628. The van der Waals surface area contributed by atoms with E-state index in [1.165, 1.54) is 12.1 Å². The van der Waals surface area contributed by atoms with Crippen molar-refractivity contribution < 1.29 is 4.39 Å². The summed E-state index contributed by atoms with van der Waals surface area (Å²) in [5.41, 5.74) is 2.96. The summed E-state index contributed by atoms with van der Waals surface area (Å²) in [6.07, 6.45) is 3.81. The van der Waals surface area contributed by atoms with Crippen molar-refractivity contribution in [3.63, 3.8) is 0 Å². The van der Waals surface area contributed by atoms with Crippen molar-refractivity contribution in [2.45, 2.75) is 26.9 Å². The Morgan fingerprint density at radius 3 is 2.94 bits per heavy atom. The van der Waals surface area contributed by atoms with Gasteiger partial charge in [-0.05, 0) is 31.5 Å². The zero-order chi connectivity index (χ0) is 12.3. The molecule has 1 heterocycles. The first-order valence-electron chi connectivity index (χ1n) is 5.70. The predicted octanol–water partition coefficient (Wildman–Crippen LogP) is 2.96. The first-order chi connectivity index (χ1) is 8.19. The van der Waals surface area contributed by atoms with Crippen LogP contribution in [0.1, 0.15) is 18.1 Å². The van der Waals surface area contributed by atoms with E-state index in [4.69, 9.17) is 0 Å². The summed E-state index contributed by atoms with van der Waals surface area (Å²) in [6, 6.07) is 4.75. The van der Waals surface area contributed by atoms with Gasteiger partial charge in [-0.1, -0.05) is 6.07 Å². The maximum atomic E-state index is 13.1. The molecule has 0 unspecified atom stereocenters. The summed E-state index contributed by atoms with van der Waals surface area (Å²) in [5, 5.41) is 7.40. The Kier molecular flexibility index (Phi) is 3.42. The summed E-state index contributed by atoms with van der Waals surface area (Å²) in [4.78, 5) is 0. The van der Waals surface area contributed by atoms with Gasteiger partial charge in [-0.15, -0.1) is 0 Å². The van der Waals surface area contributed by atoms with Gasteiger partial charge in [0.15, 0.2) is 0 Å². The molecular weight excluding hydrogens is 217 g/mol. The van der Waals surface area contributed by atoms with Crippen LogP contribution < -0.4 is 5.32 Å². The molecule has 0 aliphatic rings. The van der Waals surface area contributed by atoms with Gasteiger partial charge in [-0.25, -0.2) is 4.39 Å². The highest BCUT2D eigenvalue weighted by molar-refractivity contribution is 5.50. The number of benzene rings is 1. The van der Waals surface area contributed by atoms with Crippen LogP contribution in [-0.2, 0) is 13.1 Å². The Hall–Kier alpha value is -1.84. The first kappa shape index (κ1) is 11.6. The Labute approximate surface area is 100 Å². The standard InChI is InChI=1S/C13H16FN3/c1-3-17-9-11(8-16-17)7-15-13-6-12(14)5-4-10(13)2/h4-6,8-9,15H,3,7H2,1-2H3. The van der Waals surface area contributed by atoms with Gasteiger partial charge in [0, 0.05) is 30.5 Å². The minimum absolute atomic E-state index is 0.220. The average Bonchev–Trinajstić information content (AvgIpc) is 2.78. The average molecular weight is 233 g/mol. The van der Waals surface area contributed by atoms with E-state index >= 15 is 0 Å². The van der Waals surface area contributed by atoms with Gasteiger partial charge in [0.25, 0.3) is 0 Å². The largest absolute Gasteiger partial charge is 0.381 e. The van der Waals surface area contributed by atoms with E-state index in [1.807, 2.05) is 30.9 Å². The Morgan fingerprint density at radius 1 is 1.41 bits per heavy atom. The smallest absolute Gasteiger partial charge is 0.125 e. The fourth-order valence-electron chi connectivity index (χ4n) is 1.65. The van der Waals surface area contributed by atoms with Crippen LogP contribution in [0.25, 0.3) is 0 Å². The molecule has 0 amide bonds. The Balaban J connectivity index is 2.04. The van der Waals surface area contributed by atoms with E-state index in [9.17, 15) is 4.39 Å². The van der Waals surface area contributed by atoms with Crippen LogP contribution in [0.5, 0.6) is 0 Å². The van der Waals surface area contributed by atoms with Crippen LogP contribution in [0, 0.1) is 12.7 Å². The van der Waals surface area contributed by atoms with Crippen LogP contribution in [0.15, 0.2) is 30.6 Å². The van der Waals surface area contributed by atoms with E-state index < -0.39 is 0 Å². The molecule has 90 valence electrons. The number of nitrogens with one attached hydrogen (secondary N) is 1. The van der Waals surface area contributed by atoms with Gasteiger partial charge < -0.3 is 5.32 Å². The molecule has 3 nitrogen and oxygen atoms in total. The van der Waals surface area contributed by atoms with Crippen LogP contribution in [0.3, 0.4) is 0 Å². The quantitative estimate of drug-likeness (QED) is 0.879. The molecule has 0 saturated carbocycles. The van der Waals surface area contributed by atoms with E-state index in [2.05, 4.69) is 10.4 Å². The summed E-state index contributed by atoms with van der Waals surface area (Å²) in [6.45, 7) is 5.52. The van der Waals surface area contributed by atoms with Crippen molar-refractivity contribution in [1.29, 1.82) is 0 Å². The lowest BCUT2D eigenvalue weighted by Crippen LogP contribution is -2.00. The van der Waals surface area contributed by atoms with Gasteiger partial charge in [0.05, 0.1) is 6.20 Å². The summed E-state index contributed by atoms with van der Waals surface area (Å²) < 4.78 is 14.9. The molecule has 2 rings (SSSR count). The second-order valence-corrected chi connectivity index (χ2v) is 4.02. The van der Waals surface area contributed by atoms with Crippen molar-refractivity contribution >= 4 is 5.69 Å². The fourth-order valence-corrected chi connectivity index (χ4v) is 1.65. The number of anilines is 1. The van der Waals surface area contributed by atoms with Crippen molar-refractivity contribution in [2.24, 2.45) is 0 Å². The third-order valence-corrected chi connectivity index (χ3v) is 2.69. The molecule has 0 atom stereocenters. The maximum Gasteiger partial charge on any atom is 0.125 e. The topological polar surface area (TPSA) is 29.9 Å². The SMILES string of the molecule is CCn1cc(CNc2cc(F)ccc2C)cn1. The second kappa shape index (κ2) is 4.99. The van der Waals surface area contributed by atoms with Gasteiger partial charge in [0.1, 0.15) is 5.82 Å². The summed E-state index contributed by atoms with van der Waals surface area (Å²) >= 11 is 0. The molecule has 0 spiro atoms. The molecule has 0 aliphatic heterocycles. The number of aryl methyl sites for hydroxylation is 2. The number of aromatic nitrogens is 2. The molecule has 17 heavy (non-hydrogen) atoms. The zero-order valence-electron chi connectivity index (χ0n) is 10.1. The van der Waals surface area contributed by atoms with Crippen LogP contribution in [0.2, 0.25) is 0 Å². The minimum atomic E-state index is -0.220. The van der Waals surface area contributed by atoms with Crippen molar-refractivity contribution in [1.82, 2.24) is 9.78 Å². The molecule has 1 N–H and O–H groups in total. The van der Waals surface area contributed by atoms with E-state index in [0.29, 0.717) is 6.54 Å². The number of hydrogen-bond donors (Lipinski definition) is 1. The molecular formula is C13H16FN3.